The number of amides is 1. The van der Waals surface area contributed by atoms with Gasteiger partial charge in [-0.3, -0.25) is 4.79 Å². The zero-order chi connectivity index (χ0) is 12.1. The maximum absolute atomic E-state index is 12.1. The Morgan fingerprint density at radius 1 is 1.17 bits per heavy atom. The number of hydrogen-bond donors (Lipinski definition) is 0. The van der Waals surface area contributed by atoms with E-state index in [-0.39, 0.29) is 0 Å². The SMILES string of the molecule is O=C(C1CC1)N1CCN2c3ccccc3CC2C1. The molecular formula is C15H18N2O. The second-order valence-corrected chi connectivity index (χ2v) is 5.74. The van der Waals surface area contributed by atoms with Gasteiger partial charge in [0.1, 0.15) is 0 Å². The zero-order valence-corrected chi connectivity index (χ0v) is 10.5. The third-order valence-electron chi connectivity index (χ3n) is 4.48. The van der Waals surface area contributed by atoms with E-state index in [0.29, 0.717) is 17.9 Å². The average molecular weight is 242 g/mol. The van der Waals surface area contributed by atoms with E-state index in [9.17, 15) is 4.79 Å². The van der Waals surface area contributed by atoms with E-state index in [1.165, 1.54) is 11.3 Å². The normalized spacial score (nSPS) is 25.9. The summed E-state index contributed by atoms with van der Waals surface area (Å²) >= 11 is 0. The summed E-state index contributed by atoms with van der Waals surface area (Å²) in [5.41, 5.74) is 2.84. The number of piperazine rings is 1. The predicted octanol–water partition coefficient (Wildman–Crippen LogP) is 1.67. The summed E-state index contributed by atoms with van der Waals surface area (Å²) in [5.74, 6) is 0.769. The number of carbonyl (C=O) groups excluding carboxylic acids is 1. The first kappa shape index (κ1) is 10.4. The van der Waals surface area contributed by atoms with Crippen molar-refractivity contribution >= 4 is 11.6 Å². The van der Waals surface area contributed by atoms with Gasteiger partial charge in [-0.15, -0.1) is 0 Å². The number of nitrogens with zero attached hydrogens (tertiary/aromatic N) is 2. The molecule has 18 heavy (non-hydrogen) atoms. The number of fused-ring (bicyclic) bond motifs is 3. The molecule has 94 valence electrons. The highest BCUT2D eigenvalue weighted by Crippen LogP contribution is 2.36. The molecule has 1 saturated carbocycles. The Labute approximate surface area is 107 Å². The van der Waals surface area contributed by atoms with Gasteiger partial charge < -0.3 is 9.80 Å². The molecule has 4 rings (SSSR count). The molecule has 1 aliphatic carbocycles. The van der Waals surface area contributed by atoms with Crippen molar-refractivity contribution in [3.8, 4) is 0 Å². The molecule has 2 fully saturated rings. The van der Waals surface area contributed by atoms with E-state index in [1.807, 2.05) is 0 Å². The molecule has 3 heteroatoms. The van der Waals surface area contributed by atoms with Gasteiger partial charge in [0.15, 0.2) is 0 Å². The van der Waals surface area contributed by atoms with E-state index >= 15 is 0 Å². The van der Waals surface area contributed by atoms with Crippen LogP contribution in [0.2, 0.25) is 0 Å². The van der Waals surface area contributed by atoms with E-state index in [4.69, 9.17) is 0 Å². The van der Waals surface area contributed by atoms with Crippen molar-refractivity contribution in [1.82, 2.24) is 4.90 Å². The molecule has 1 amide bonds. The van der Waals surface area contributed by atoms with Crippen LogP contribution in [-0.2, 0) is 11.2 Å². The maximum Gasteiger partial charge on any atom is 0.225 e. The summed E-state index contributed by atoms with van der Waals surface area (Å²) in [4.78, 5) is 16.7. The van der Waals surface area contributed by atoms with Gasteiger partial charge in [-0.1, -0.05) is 18.2 Å². The minimum atomic E-state index is 0.361. The number of carbonyl (C=O) groups is 1. The van der Waals surface area contributed by atoms with Gasteiger partial charge in [0.2, 0.25) is 5.91 Å². The van der Waals surface area contributed by atoms with Crippen molar-refractivity contribution in [2.24, 2.45) is 5.92 Å². The summed E-state index contributed by atoms with van der Waals surface area (Å²) in [5, 5.41) is 0. The second kappa shape index (κ2) is 3.74. The maximum atomic E-state index is 12.1. The molecule has 0 bridgehead atoms. The fourth-order valence-electron chi connectivity index (χ4n) is 3.35. The fraction of sp³-hybridized carbons (Fsp3) is 0.533. The summed E-state index contributed by atoms with van der Waals surface area (Å²) in [6, 6.07) is 9.18. The van der Waals surface area contributed by atoms with Crippen LogP contribution in [-0.4, -0.2) is 36.5 Å². The minimum absolute atomic E-state index is 0.361. The first-order valence-corrected chi connectivity index (χ1v) is 6.96. The van der Waals surface area contributed by atoms with Crippen LogP contribution in [0.3, 0.4) is 0 Å². The molecule has 0 radical (unpaired) electrons. The summed E-state index contributed by atoms with van der Waals surface area (Å²) in [6.07, 6.45) is 3.33. The predicted molar refractivity (Wildman–Crippen MR) is 70.6 cm³/mol. The fourth-order valence-corrected chi connectivity index (χ4v) is 3.35. The Balaban J connectivity index is 1.53. The number of para-hydroxylation sites is 1. The quantitative estimate of drug-likeness (QED) is 0.748. The number of anilines is 1. The van der Waals surface area contributed by atoms with E-state index in [2.05, 4.69) is 34.1 Å². The van der Waals surface area contributed by atoms with E-state index in [1.54, 1.807) is 0 Å². The van der Waals surface area contributed by atoms with E-state index in [0.717, 1.165) is 38.9 Å². The second-order valence-electron chi connectivity index (χ2n) is 5.74. The van der Waals surface area contributed by atoms with Crippen molar-refractivity contribution in [2.75, 3.05) is 24.5 Å². The molecule has 0 N–H and O–H groups in total. The van der Waals surface area contributed by atoms with Crippen LogP contribution >= 0.6 is 0 Å². The van der Waals surface area contributed by atoms with Gasteiger partial charge in [0.25, 0.3) is 0 Å². The Hall–Kier alpha value is -1.51. The molecule has 2 aliphatic heterocycles. The molecule has 1 aromatic carbocycles. The van der Waals surface area contributed by atoms with Gasteiger partial charge in [0, 0.05) is 31.2 Å². The van der Waals surface area contributed by atoms with Crippen LogP contribution in [0, 0.1) is 5.92 Å². The molecule has 2 heterocycles. The first-order chi connectivity index (χ1) is 8.83. The molecule has 1 saturated heterocycles. The monoisotopic (exact) mass is 242 g/mol. The minimum Gasteiger partial charge on any atom is -0.364 e. The molecule has 1 aromatic rings. The summed E-state index contributed by atoms with van der Waals surface area (Å²) < 4.78 is 0. The van der Waals surface area contributed by atoms with E-state index < -0.39 is 0 Å². The molecule has 1 unspecified atom stereocenters. The van der Waals surface area contributed by atoms with Gasteiger partial charge in [0.05, 0.1) is 6.04 Å². The Bertz CT molecular complexity index is 495. The van der Waals surface area contributed by atoms with Crippen LogP contribution in [0.4, 0.5) is 5.69 Å². The third-order valence-corrected chi connectivity index (χ3v) is 4.48. The standard InChI is InChI=1S/C15H18N2O/c18-15(11-5-6-11)16-7-8-17-13(10-16)9-12-3-1-2-4-14(12)17/h1-4,11,13H,5-10H2. The topological polar surface area (TPSA) is 23.6 Å². The third kappa shape index (κ3) is 1.53. The average Bonchev–Trinajstić information content (AvgIpc) is 3.18. The van der Waals surface area contributed by atoms with Crippen molar-refractivity contribution < 1.29 is 4.79 Å². The van der Waals surface area contributed by atoms with Crippen molar-refractivity contribution in [3.63, 3.8) is 0 Å². The largest absolute Gasteiger partial charge is 0.364 e. The number of hydrogen-bond acceptors (Lipinski definition) is 2. The molecule has 0 spiro atoms. The Morgan fingerprint density at radius 3 is 2.83 bits per heavy atom. The highest BCUT2D eigenvalue weighted by molar-refractivity contribution is 5.81. The lowest BCUT2D eigenvalue weighted by atomic mass is 10.1. The lowest BCUT2D eigenvalue weighted by Crippen LogP contribution is -2.54. The van der Waals surface area contributed by atoms with Gasteiger partial charge in [-0.25, -0.2) is 0 Å². The van der Waals surface area contributed by atoms with Crippen LogP contribution in [0.15, 0.2) is 24.3 Å². The summed E-state index contributed by atoms with van der Waals surface area (Å²) in [6.45, 7) is 2.82. The van der Waals surface area contributed by atoms with Gasteiger partial charge in [-0.05, 0) is 30.9 Å². The smallest absolute Gasteiger partial charge is 0.225 e. The molecular weight excluding hydrogens is 224 g/mol. The highest BCUT2D eigenvalue weighted by atomic mass is 16.2. The van der Waals surface area contributed by atoms with Crippen LogP contribution in [0.1, 0.15) is 18.4 Å². The molecule has 1 atom stereocenters. The van der Waals surface area contributed by atoms with Crippen molar-refractivity contribution in [2.45, 2.75) is 25.3 Å². The van der Waals surface area contributed by atoms with Crippen molar-refractivity contribution in [3.05, 3.63) is 29.8 Å². The van der Waals surface area contributed by atoms with Crippen LogP contribution in [0.25, 0.3) is 0 Å². The lowest BCUT2D eigenvalue weighted by molar-refractivity contribution is -0.133. The van der Waals surface area contributed by atoms with Crippen LogP contribution in [0.5, 0.6) is 0 Å². The van der Waals surface area contributed by atoms with Crippen LogP contribution < -0.4 is 4.90 Å². The highest BCUT2D eigenvalue weighted by Gasteiger charge is 2.39. The first-order valence-electron chi connectivity index (χ1n) is 6.96. The number of rotatable bonds is 1. The van der Waals surface area contributed by atoms with Crippen molar-refractivity contribution in [1.29, 1.82) is 0 Å². The number of benzene rings is 1. The van der Waals surface area contributed by atoms with Gasteiger partial charge in [-0.2, -0.15) is 0 Å². The molecule has 3 aliphatic rings. The Morgan fingerprint density at radius 2 is 2.00 bits per heavy atom. The molecule has 3 nitrogen and oxygen atoms in total. The Kier molecular flexibility index (Phi) is 2.16. The lowest BCUT2D eigenvalue weighted by Gasteiger charge is -2.39. The zero-order valence-electron chi connectivity index (χ0n) is 10.5. The summed E-state index contributed by atoms with van der Waals surface area (Å²) in [7, 11) is 0. The van der Waals surface area contributed by atoms with Gasteiger partial charge >= 0.3 is 0 Å². The molecule has 0 aromatic heterocycles.